The molecule has 2 aliphatic rings. The summed E-state index contributed by atoms with van der Waals surface area (Å²) in [5, 5.41) is 2.67. The topological polar surface area (TPSA) is 105 Å². The van der Waals surface area contributed by atoms with Crippen LogP contribution in [0.4, 0.5) is 10.1 Å². The molecule has 1 aromatic carbocycles. The van der Waals surface area contributed by atoms with Crippen molar-refractivity contribution >= 4 is 17.5 Å². The van der Waals surface area contributed by atoms with E-state index in [2.05, 4.69) is 10.2 Å². The third-order valence-electron chi connectivity index (χ3n) is 6.16. The second kappa shape index (κ2) is 10.4. The standard InChI is InChI=1S/C23H32FN5O2/c1-16-18(13-19(24)14-21(16)27-22(30)20(26)7-4-8-25)15-28-9-11-29(12-10-28)23(31)17-5-2-3-6-17/h4,7-8,13-14,17H,2-3,5-6,9-12,15,25-26H2,1H3,(H,27,30)/b8-4-,20-7-. The first-order valence-corrected chi connectivity index (χ1v) is 10.8. The Labute approximate surface area is 182 Å². The highest BCUT2D eigenvalue weighted by Gasteiger charge is 2.29. The van der Waals surface area contributed by atoms with Gasteiger partial charge in [0.25, 0.3) is 5.91 Å². The molecule has 2 fully saturated rings. The lowest BCUT2D eigenvalue weighted by atomic mass is 10.0. The molecule has 1 saturated heterocycles. The Balaban J connectivity index is 1.62. The van der Waals surface area contributed by atoms with Gasteiger partial charge in [0.2, 0.25) is 5.91 Å². The molecule has 8 heteroatoms. The average Bonchev–Trinajstić information content (AvgIpc) is 3.30. The molecular weight excluding hydrogens is 397 g/mol. The maximum atomic E-state index is 14.3. The average molecular weight is 430 g/mol. The molecule has 31 heavy (non-hydrogen) atoms. The lowest BCUT2D eigenvalue weighted by molar-refractivity contribution is -0.137. The van der Waals surface area contributed by atoms with Crippen molar-refractivity contribution in [2.24, 2.45) is 17.4 Å². The van der Waals surface area contributed by atoms with Gasteiger partial charge in [0.15, 0.2) is 0 Å². The highest BCUT2D eigenvalue weighted by Crippen LogP contribution is 2.27. The number of benzene rings is 1. The van der Waals surface area contributed by atoms with Crippen molar-refractivity contribution < 1.29 is 14.0 Å². The number of nitrogens with zero attached hydrogens (tertiary/aromatic N) is 2. The summed E-state index contributed by atoms with van der Waals surface area (Å²) in [5.74, 6) is -0.448. The summed E-state index contributed by atoms with van der Waals surface area (Å²) in [7, 11) is 0. The third kappa shape index (κ3) is 5.85. The number of hydrogen-bond acceptors (Lipinski definition) is 5. The van der Waals surface area contributed by atoms with Gasteiger partial charge in [-0.2, -0.15) is 0 Å². The molecule has 3 rings (SSSR count). The first-order chi connectivity index (χ1) is 14.9. The molecule has 1 heterocycles. The fourth-order valence-electron chi connectivity index (χ4n) is 4.26. The minimum atomic E-state index is -0.517. The summed E-state index contributed by atoms with van der Waals surface area (Å²) < 4.78 is 14.3. The molecule has 1 aromatic rings. The van der Waals surface area contributed by atoms with Crippen LogP contribution in [0.1, 0.15) is 36.8 Å². The van der Waals surface area contributed by atoms with E-state index in [1.54, 1.807) is 0 Å². The molecule has 2 amide bonds. The van der Waals surface area contributed by atoms with Crippen LogP contribution in [0, 0.1) is 18.7 Å². The summed E-state index contributed by atoms with van der Waals surface area (Å²) in [6.45, 7) is 5.30. The van der Waals surface area contributed by atoms with E-state index in [9.17, 15) is 14.0 Å². The van der Waals surface area contributed by atoms with E-state index in [4.69, 9.17) is 11.5 Å². The van der Waals surface area contributed by atoms with Crippen molar-refractivity contribution in [2.45, 2.75) is 39.2 Å². The van der Waals surface area contributed by atoms with E-state index >= 15 is 0 Å². The fraction of sp³-hybridized carbons (Fsp3) is 0.478. The van der Waals surface area contributed by atoms with E-state index in [0.29, 0.717) is 31.2 Å². The minimum Gasteiger partial charge on any atom is -0.405 e. The largest absolute Gasteiger partial charge is 0.405 e. The SMILES string of the molecule is Cc1c(CN2CCN(C(=O)C3CCCC3)CC2)cc(F)cc1NC(=O)/C(N)=C/C=C\N. The van der Waals surface area contributed by atoms with Gasteiger partial charge in [0.05, 0.1) is 5.70 Å². The lowest BCUT2D eigenvalue weighted by Gasteiger charge is -2.36. The Bertz CT molecular complexity index is 869. The van der Waals surface area contributed by atoms with E-state index in [1.807, 2.05) is 11.8 Å². The van der Waals surface area contributed by atoms with Crippen molar-refractivity contribution in [2.75, 3.05) is 31.5 Å². The van der Waals surface area contributed by atoms with Crippen LogP contribution >= 0.6 is 0 Å². The molecule has 0 unspecified atom stereocenters. The molecule has 0 aromatic heterocycles. The molecule has 7 nitrogen and oxygen atoms in total. The van der Waals surface area contributed by atoms with Crippen molar-refractivity contribution in [1.29, 1.82) is 0 Å². The zero-order chi connectivity index (χ0) is 22.4. The predicted octanol–water partition coefficient (Wildman–Crippen LogP) is 2.22. The molecule has 0 spiro atoms. The summed E-state index contributed by atoms with van der Waals surface area (Å²) in [6.07, 6.45) is 8.44. The summed E-state index contributed by atoms with van der Waals surface area (Å²) in [5.41, 5.74) is 12.9. The van der Waals surface area contributed by atoms with Crippen LogP contribution in [0.2, 0.25) is 0 Å². The molecule has 0 bridgehead atoms. The van der Waals surface area contributed by atoms with Gasteiger partial charge in [0, 0.05) is 44.3 Å². The lowest BCUT2D eigenvalue weighted by Crippen LogP contribution is -2.49. The second-order valence-corrected chi connectivity index (χ2v) is 8.28. The zero-order valence-electron chi connectivity index (χ0n) is 18.1. The van der Waals surface area contributed by atoms with Crippen molar-refractivity contribution in [3.63, 3.8) is 0 Å². The van der Waals surface area contributed by atoms with Gasteiger partial charge in [-0.25, -0.2) is 4.39 Å². The molecule has 1 aliphatic carbocycles. The molecule has 1 aliphatic heterocycles. The molecule has 1 saturated carbocycles. The van der Waals surface area contributed by atoms with Crippen LogP contribution < -0.4 is 16.8 Å². The number of carbonyl (C=O) groups excluding carboxylic acids is 2. The third-order valence-corrected chi connectivity index (χ3v) is 6.16. The number of nitrogens with two attached hydrogens (primary N) is 2. The Morgan fingerprint density at radius 2 is 1.87 bits per heavy atom. The van der Waals surface area contributed by atoms with E-state index in [0.717, 1.165) is 49.9 Å². The maximum absolute atomic E-state index is 14.3. The number of amides is 2. The summed E-state index contributed by atoms with van der Waals surface area (Å²) in [4.78, 5) is 29.1. The van der Waals surface area contributed by atoms with Gasteiger partial charge in [-0.3, -0.25) is 14.5 Å². The van der Waals surface area contributed by atoms with Crippen molar-refractivity contribution in [3.8, 4) is 0 Å². The monoisotopic (exact) mass is 429 g/mol. The molecule has 5 N–H and O–H groups in total. The van der Waals surface area contributed by atoms with Gasteiger partial charge in [-0.1, -0.05) is 12.8 Å². The first kappa shape index (κ1) is 22.8. The maximum Gasteiger partial charge on any atom is 0.271 e. The first-order valence-electron chi connectivity index (χ1n) is 10.8. The zero-order valence-corrected chi connectivity index (χ0v) is 18.1. The van der Waals surface area contributed by atoms with Gasteiger partial charge < -0.3 is 21.7 Å². The van der Waals surface area contributed by atoms with Gasteiger partial charge in [-0.15, -0.1) is 0 Å². The minimum absolute atomic E-state index is 0.0186. The molecule has 168 valence electrons. The van der Waals surface area contributed by atoms with E-state index < -0.39 is 11.7 Å². The van der Waals surface area contributed by atoms with Crippen LogP contribution in [0.25, 0.3) is 0 Å². The number of carbonyl (C=O) groups is 2. The van der Waals surface area contributed by atoms with E-state index in [1.165, 1.54) is 30.5 Å². The van der Waals surface area contributed by atoms with Crippen LogP contribution in [0.3, 0.4) is 0 Å². The predicted molar refractivity (Wildman–Crippen MR) is 119 cm³/mol. The number of nitrogens with one attached hydrogen (secondary N) is 1. The Hall–Kier alpha value is -2.87. The van der Waals surface area contributed by atoms with Gasteiger partial charge in [0.1, 0.15) is 5.82 Å². The summed E-state index contributed by atoms with van der Waals surface area (Å²) >= 11 is 0. The smallest absolute Gasteiger partial charge is 0.271 e. The number of piperazine rings is 1. The summed E-state index contributed by atoms with van der Waals surface area (Å²) in [6, 6.07) is 2.79. The van der Waals surface area contributed by atoms with Gasteiger partial charge in [-0.05, 0) is 61.4 Å². The molecular formula is C23H32FN5O2. The van der Waals surface area contributed by atoms with E-state index in [-0.39, 0.29) is 11.6 Å². The van der Waals surface area contributed by atoms with Gasteiger partial charge >= 0.3 is 0 Å². The number of halogens is 1. The van der Waals surface area contributed by atoms with Crippen LogP contribution in [-0.2, 0) is 16.1 Å². The quantitative estimate of drug-likeness (QED) is 0.475. The highest BCUT2D eigenvalue weighted by molar-refractivity contribution is 6.03. The highest BCUT2D eigenvalue weighted by atomic mass is 19.1. The number of hydrogen-bond donors (Lipinski definition) is 3. The Morgan fingerprint density at radius 3 is 2.52 bits per heavy atom. The number of anilines is 1. The fourth-order valence-corrected chi connectivity index (χ4v) is 4.26. The van der Waals surface area contributed by atoms with Crippen LogP contribution in [0.5, 0.6) is 0 Å². The molecule has 0 atom stereocenters. The Kier molecular flexibility index (Phi) is 7.68. The number of rotatable bonds is 6. The van der Waals surface area contributed by atoms with Crippen LogP contribution in [0.15, 0.2) is 36.2 Å². The Morgan fingerprint density at radius 1 is 1.19 bits per heavy atom. The van der Waals surface area contributed by atoms with Crippen LogP contribution in [-0.4, -0.2) is 47.8 Å². The van der Waals surface area contributed by atoms with Crippen molar-refractivity contribution in [3.05, 3.63) is 53.1 Å². The second-order valence-electron chi connectivity index (χ2n) is 8.28. The number of allylic oxidation sites excluding steroid dienone is 2. The molecule has 0 radical (unpaired) electrons. The van der Waals surface area contributed by atoms with Crippen molar-refractivity contribution in [1.82, 2.24) is 9.80 Å². The normalized spacial score (nSPS) is 18.6.